The van der Waals surface area contributed by atoms with Crippen LogP contribution in [0.1, 0.15) is 5.56 Å². The Morgan fingerprint density at radius 2 is 2.00 bits per heavy atom. The Morgan fingerprint density at radius 1 is 1.23 bits per heavy atom. The van der Waals surface area contributed by atoms with Crippen LogP contribution < -0.4 is 10.1 Å². The smallest absolute Gasteiger partial charge is 0.244 e. The molecule has 1 aromatic heterocycles. The number of methoxy groups -OCH3 is 1. The van der Waals surface area contributed by atoms with E-state index < -0.39 is 0 Å². The quantitative estimate of drug-likeness (QED) is 0.746. The molecule has 1 heterocycles. The summed E-state index contributed by atoms with van der Waals surface area (Å²) < 4.78 is 5.20. The maximum Gasteiger partial charge on any atom is 0.244 e. The van der Waals surface area contributed by atoms with Crippen molar-refractivity contribution in [3.05, 3.63) is 45.6 Å². The highest BCUT2D eigenvalue weighted by molar-refractivity contribution is 7.07. The van der Waals surface area contributed by atoms with Crippen LogP contribution in [0.2, 0.25) is 5.02 Å². The van der Waals surface area contributed by atoms with Gasteiger partial charge < -0.3 is 15.0 Å². The monoisotopic (exact) mass is 395 g/mol. The molecular weight excluding hydrogens is 374 g/mol. The van der Waals surface area contributed by atoms with Crippen LogP contribution in [0, 0.1) is 0 Å². The van der Waals surface area contributed by atoms with Crippen molar-refractivity contribution in [2.45, 2.75) is 6.54 Å². The van der Waals surface area contributed by atoms with Gasteiger partial charge in [0.2, 0.25) is 11.8 Å². The number of benzene rings is 1. The number of nitrogens with zero attached hydrogens (tertiary/aromatic N) is 2. The normalized spacial score (nSPS) is 10.7. The second kappa shape index (κ2) is 9.56. The molecule has 0 saturated carbocycles. The minimum atomic E-state index is -0.318. The molecule has 2 rings (SSSR count). The van der Waals surface area contributed by atoms with Crippen molar-refractivity contribution in [2.24, 2.45) is 0 Å². The number of amides is 2. The van der Waals surface area contributed by atoms with E-state index in [1.807, 2.05) is 23.4 Å². The summed E-state index contributed by atoms with van der Waals surface area (Å²) in [7, 11) is 4.99. The summed E-state index contributed by atoms with van der Waals surface area (Å²) in [5, 5.41) is 7.27. The van der Waals surface area contributed by atoms with Gasteiger partial charge in [-0.1, -0.05) is 11.6 Å². The standard InChI is InChI=1S/C18H22ClN3O3S/c1-21(9-13-6-7-26-12-13)11-18(24)22(2)10-17(23)20-15-8-14(19)4-5-16(15)25-3/h4-8,12H,9-11H2,1-3H3,(H,20,23). The van der Waals surface area contributed by atoms with Gasteiger partial charge in [-0.15, -0.1) is 0 Å². The van der Waals surface area contributed by atoms with Gasteiger partial charge in [-0.2, -0.15) is 11.3 Å². The fourth-order valence-corrected chi connectivity index (χ4v) is 3.20. The first-order valence-electron chi connectivity index (χ1n) is 7.96. The van der Waals surface area contributed by atoms with Crippen LogP contribution in [0.5, 0.6) is 5.75 Å². The fourth-order valence-electron chi connectivity index (χ4n) is 2.37. The highest BCUT2D eigenvalue weighted by atomic mass is 35.5. The Kier molecular flexibility index (Phi) is 7.44. The maximum absolute atomic E-state index is 12.3. The molecule has 0 aliphatic rings. The minimum absolute atomic E-state index is 0.0548. The third-order valence-corrected chi connectivity index (χ3v) is 4.65. The van der Waals surface area contributed by atoms with E-state index in [0.717, 1.165) is 0 Å². The molecule has 0 aliphatic carbocycles. The van der Waals surface area contributed by atoms with Crippen LogP contribution in [0.15, 0.2) is 35.0 Å². The third kappa shape index (κ3) is 6.01. The molecule has 6 nitrogen and oxygen atoms in total. The van der Waals surface area contributed by atoms with E-state index in [-0.39, 0.29) is 24.9 Å². The van der Waals surface area contributed by atoms with Gasteiger partial charge in [0, 0.05) is 18.6 Å². The molecular formula is C18H22ClN3O3S. The summed E-state index contributed by atoms with van der Waals surface area (Å²) in [6.07, 6.45) is 0. The number of nitrogens with one attached hydrogen (secondary N) is 1. The first-order valence-corrected chi connectivity index (χ1v) is 9.28. The Morgan fingerprint density at radius 3 is 2.65 bits per heavy atom. The number of likely N-dealkylation sites (N-methyl/N-ethyl adjacent to an activating group) is 2. The lowest BCUT2D eigenvalue weighted by molar-refractivity contribution is -0.134. The van der Waals surface area contributed by atoms with E-state index in [4.69, 9.17) is 16.3 Å². The van der Waals surface area contributed by atoms with Crippen LogP contribution in [0.25, 0.3) is 0 Å². The maximum atomic E-state index is 12.3. The SMILES string of the molecule is COc1ccc(Cl)cc1NC(=O)CN(C)C(=O)CN(C)Cc1ccsc1. The zero-order chi connectivity index (χ0) is 19.1. The summed E-state index contributed by atoms with van der Waals surface area (Å²) in [6, 6.07) is 6.98. The highest BCUT2D eigenvalue weighted by Gasteiger charge is 2.16. The molecule has 0 fully saturated rings. The van der Waals surface area contributed by atoms with Gasteiger partial charge in [-0.25, -0.2) is 0 Å². The van der Waals surface area contributed by atoms with Crippen LogP contribution in [-0.4, -0.2) is 55.9 Å². The van der Waals surface area contributed by atoms with Crippen LogP contribution in [0.4, 0.5) is 5.69 Å². The van der Waals surface area contributed by atoms with Crippen molar-refractivity contribution in [3.63, 3.8) is 0 Å². The molecule has 0 unspecified atom stereocenters. The lowest BCUT2D eigenvalue weighted by Crippen LogP contribution is -2.40. The lowest BCUT2D eigenvalue weighted by atomic mass is 10.3. The molecule has 0 radical (unpaired) electrons. The number of ether oxygens (including phenoxy) is 1. The average Bonchev–Trinajstić information content (AvgIpc) is 3.07. The fraction of sp³-hybridized carbons (Fsp3) is 0.333. The Balaban J connectivity index is 1.86. The Labute approximate surface area is 162 Å². The number of thiophene rings is 1. The number of rotatable bonds is 8. The number of carbonyl (C=O) groups is 2. The van der Waals surface area contributed by atoms with Crippen molar-refractivity contribution in [1.29, 1.82) is 0 Å². The van der Waals surface area contributed by atoms with E-state index in [1.165, 1.54) is 17.6 Å². The van der Waals surface area contributed by atoms with Crippen molar-refractivity contribution in [3.8, 4) is 5.75 Å². The van der Waals surface area contributed by atoms with Crippen LogP contribution >= 0.6 is 22.9 Å². The topological polar surface area (TPSA) is 61.9 Å². The summed E-state index contributed by atoms with van der Waals surface area (Å²) in [5.74, 6) is 0.0602. The van der Waals surface area contributed by atoms with Crippen LogP contribution in [0.3, 0.4) is 0 Å². The second-order valence-corrected chi connectivity index (χ2v) is 7.16. The largest absolute Gasteiger partial charge is 0.495 e. The van der Waals surface area contributed by atoms with E-state index in [2.05, 4.69) is 10.7 Å². The minimum Gasteiger partial charge on any atom is -0.495 e. The van der Waals surface area contributed by atoms with Gasteiger partial charge in [0.05, 0.1) is 25.9 Å². The summed E-state index contributed by atoms with van der Waals surface area (Å²) in [4.78, 5) is 27.9. The van der Waals surface area contributed by atoms with Gasteiger partial charge in [-0.05, 0) is 47.6 Å². The third-order valence-electron chi connectivity index (χ3n) is 3.68. The summed E-state index contributed by atoms with van der Waals surface area (Å²) >= 11 is 7.58. The second-order valence-electron chi connectivity index (χ2n) is 5.95. The number of hydrogen-bond acceptors (Lipinski definition) is 5. The Bertz CT molecular complexity index is 752. The molecule has 140 valence electrons. The van der Waals surface area contributed by atoms with E-state index in [9.17, 15) is 9.59 Å². The number of hydrogen-bond donors (Lipinski definition) is 1. The number of carbonyl (C=O) groups excluding carboxylic acids is 2. The molecule has 2 aromatic rings. The molecule has 8 heteroatoms. The van der Waals surface area contributed by atoms with Crippen molar-refractivity contribution < 1.29 is 14.3 Å². The summed E-state index contributed by atoms with van der Waals surface area (Å²) in [5.41, 5.74) is 1.64. The van der Waals surface area contributed by atoms with Gasteiger partial charge in [-0.3, -0.25) is 14.5 Å². The highest BCUT2D eigenvalue weighted by Crippen LogP contribution is 2.27. The van der Waals surface area contributed by atoms with E-state index in [0.29, 0.717) is 23.0 Å². The Hall–Kier alpha value is -2.09. The lowest BCUT2D eigenvalue weighted by Gasteiger charge is -2.21. The molecule has 0 aliphatic heterocycles. The van der Waals surface area contributed by atoms with E-state index in [1.54, 1.807) is 36.6 Å². The average molecular weight is 396 g/mol. The molecule has 1 N–H and O–H groups in total. The van der Waals surface area contributed by atoms with Crippen molar-refractivity contribution in [2.75, 3.05) is 39.6 Å². The molecule has 26 heavy (non-hydrogen) atoms. The van der Waals surface area contributed by atoms with Gasteiger partial charge >= 0.3 is 0 Å². The predicted molar refractivity (Wildman–Crippen MR) is 105 cm³/mol. The number of halogens is 1. The van der Waals surface area contributed by atoms with Gasteiger partial charge in [0.15, 0.2) is 0 Å². The molecule has 0 atom stereocenters. The van der Waals surface area contributed by atoms with Gasteiger partial charge in [0.1, 0.15) is 5.75 Å². The first kappa shape index (κ1) is 20.2. The molecule has 2 amide bonds. The van der Waals surface area contributed by atoms with Gasteiger partial charge in [0.25, 0.3) is 0 Å². The van der Waals surface area contributed by atoms with Crippen LogP contribution in [-0.2, 0) is 16.1 Å². The molecule has 1 aromatic carbocycles. The summed E-state index contributed by atoms with van der Waals surface area (Å²) in [6.45, 7) is 0.871. The zero-order valence-corrected chi connectivity index (χ0v) is 16.6. The zero-order valence-electron chi connectivity index (χ0n) is 15.0. The van der Waals surface area contributed by atoms with Crippen molar-refractivity contribution in [1.82, 2.24) is 9.80 Å². The number of anilines is 1. The first-order chi connectivity index (χ1) is 12.4. The molecule has 0 spiro atoms. The predicted octanol–water partition coefficient (Wildman–Crippen LogP) is 2.94. The van der Waals surface area contributed by atoms with E-state index >= 15 is 0 Å². The molecule has 0 bridgehead atoms. The van der Waals surface area contributed by atoms with Crippen molar-refractivity contribution >= 4 is 40.4 Å². The molecule has 0 saturated heterocycles.